The van der Waals surface area contributed by atoms with E-state index in [0.29, 0.717) is 36.2 Å². The summed E-state index contributed by atoms with van der Waals surface area (Å²) in [5, 5.41) is 12.7. The van der Waals surface area contributed by atoms with Crippen LogP contribution in [0.5, 0.6) is 11.5 Å². The highest BCUT2D eigenvalue weighted by atomic mass is 35.5. The Morgan fingerprint density at radius 3 is 2.22 bits per heavy atom. The molecule has 0 aliphatic carbocycles. The van der Waals surface area contributed by atoms with Crippen molar-refractivity contribution in [1.29, 1.82) is 0 Å². The lowest BCUT2D eigenvalue weighted by Gasteiger charge is -2.16. The molecule has 3 aromatic rings. The lowest BCUT2D eigenvalue weighted by molar-refractivity contribution is 0.0697. The van der Waals surface area contributed by atoms with Gasteiger partial charge in [0.15, 0.2) is 11.5 Å². The molecule has 5 nitrogen and oxygen atoms in total. The number of hydrogen-bond acceptors (Lipinski definition) is 4. The molecule has 0 fully saturated rings. The Bertz CT molecular complexity index is 1030. The highest BCUT2D eigenvalue weighted by Crippen LogP contribution is 2.37. The molecule has 32 heavy (non-hydrogen) atoms. The normalized spacial score (nSPS) is 10.3. The summed E-state index contributed by atoms with van der Waals surface area (Å²) in [6, 6.07) is 16.5. The van der Waals surface area contributed by atoms with Gasteiger partial charge in [0, 0.05) is 13.1 Å². The first-order valence-corrected chi connectivity index (χ1v) is 10.2. The SMILES string of the molecule is CCOc1cc(CNCc2ccc(C(=O)O)cc2)cc(Cl)c1OCc1ccc(F)cc1.Cl. The molecule has 0 radical (unpaired) electrons. The maximum Gasteiger partial charge on any atom is 0.335 e. The number of halogens is 3. The summed E-state index contributed by atoms with van der Waals surface area (Å²) in [6.45, 7) is 3.69. The van der Waals surface area contributed by atoms with Crippen LogP contribution in [0.4, 0.5) is 4.39 Å². The van der Waals surface area contributed by atoms with E-state index in [9.17, 15) is 9.18 Å². The molecule has 0 saturated carbocycles. The first kappa shape index (κ1) is 25.5. The van der Waals surface area contributed by atoms with Gasteiger partial charge >= 0.3 is 5.97 Å². The smallest absolute Gasteiger partial charge is 0.335 e. The molecule has 2 N–H and O–H groups in total. The molecule has 0 aliphatic heterocycles. The first-order chi connectivity index (χ1) is 15.0. The van der Waals surface area contributed by atoms with Crippen LogP contribution in [0.3, 0.4) is 0 Å². The minimum absolute atomic E-state index is 0. The van der Waals surface area contributed by atoms with Crippen molar-refractivity contribution in [3.8, 4) is 11.5 Å². The number of rotatable bonds is 10. The fraction of sp³-hybridized carbons (Fsp3) is 0.208. The predicted molar refractivity (Wildman–Crippen MR) is 125 cm³/mol. The predicted octanol–water partition coefficient (Wildman–Crippen LogP) is 5.87. The summed E-state index contributed by atoms with van der Waals surface area (Å²) in [4.78, 5) is 10.9. The van der Waals surface area contributed by atoms with Gasteiger partial charge in [-0.2, -0.15) is 0 Å². The van der Waals surface area contributed by atoms with Gasteiger partial charge < -0.3 is 19.9 Å². The number of carbonyl (C=O) groups is 1. The van der Waals surface area contributed by atoms with Crippen LogP contribution in [-0.2, 0) is 19.7 Å². The van der Waals surface area contributed by atoms with Crippen LogP contribution in [0, 0.1) is 5.82 Å². The van der Waals surface area contributed by atoms with E-state index in [4.69, 9.17) is 26.2 Å². The average Bonchev–Trinajstić information content (AvgIpc) is 2.75. The maximum absolute atomic E-state index is 13.1. The van der Waals surface area contributed by atoms with Crippen molar-refractivity contribution in [1.82, 2.24) is 5.32 Å². The number of nitrogens with one attached hydrogen (secondary N) is 1. The van der Waals surface area contributed by atoms with E-state index in [-0.39, 0.29) is 30.4 Å². The number of ether oxygens (including phenoxy) is 2. The van der Waals surface area contributed by atoms with Crippen LogP contribution < -0.4 is 14.8 Å². The molecular formula is C24H24Cl2FNO4. The van der Waals surface area contributed by atoms with Crippen molar-refractivity contribution in [3.05, 3.63) is 93.8 Å². The molecule has 0 spiro atoms. The summed E-state index contributed by atoms with van der Waals surface area (Å²) < 4.78 is 24.6. The first-order valence-electron chi connectivity index (χ1n) is 9.81. The highest BCUT2D eigenvalue weighted by molar-refractivity contribution is 6.32. The van der Waals surface area contributed by atoms with Gasteiger partial charge in [-0.3, -0.25) is 0 Å². The number of carboxylic acids is 1. The number of aromatic carboxylic acids is 1. The number of benzene rings is 3. The summed E-state index contributed by atoms with van der Waals surface area (Å²) in [6.07, 6.45) is 0. The Balaban J connectivity index is 0.00000363. The van der Waals surface area contributed by atoms with E-state index in [1.807, 2.05) is 19.1 Å². The molecule has 0 aliphatic rings. The zero-order chi connectivity index (χ0) is 22.2. The molecule has 3 aromatic carbocycles. The third-order valence-electron chi connectivity index (χ3n) is 4.52. The number of carboxylic acid groups (broad SMARTS) is 1. The molecule has 0 heterocycles. The second-order valence-electron chi connectivity index (χ2n) is 6.86. The average molecular weight is 480 g/mol. The van der Waals surface area contributed by atoms with Crippen molar-refractivity contribution in [2.45, 2.75) is 26.6 Å². The maximum atomic E-state index is 13.1. The summed E-state index contributed by atoms with van der Waals surface area (Å²) >= 11 is 6.46. The zero-order valence-electron chi connectivity index (χ0n) is 17.4. The molecule has 0 bridgehead atoms. The molecule has 0 saturated heterocycles. The lowest BCUT2D eigenvalue weighted by atomic mass is 10.1. The summed E-state index contributed by atoms with van der Waals surface area (Å²) in [5.41, 5.74) is 2.97. The van der Waals surface area contributed by atoms with Crippen LogP contribution in [0.1, 0.15) is 34.0 Å². The Kier molecular flexibility index (Phi) is 9.78. The molecule has 8 heteroatoms. The van der Waals surface area contributed by atoms with Gasteiger partial charge in [0.05, 0.1) is 17.2 Å². The Labute approximate surface area is 197 Å². The van der Waals surface area contributed by atoms with Gasteiger partial charge in [-0.15, -0.1) is 12.4 Å². The minimum Gasteiger partial charge on any atom is -0.490 e. The van der Waals surface area contributed by atoms with E-state index in [0.717, 1.165) is 16.7 Å². The van der Waals surface area contributed by atoms with Gasteiger partial charge in [-0.25, -0.2) is 9.18 Å². The molecule has 0 amide bonds. The van der Waals surface area contributed by atoms with Crippen molar-refractivity contribution >= 4 is 30.0 Å². The molecule has 0 aromatic heterocycles. The van der Waals surface area contributed by atoms with E-state index >= 15 is 0 Å². The van der Waals surface area contributed by atoms with E-state index < -0.39 is 5.97 Å². The topological polar surface area (TPSA) is 67.8 Å². The van der Waals surface area contributed by atoms with Crippen molar-refractivity contribution in [2.75, 3.05) is 6.61 Å². The molecule has 170 valence electrons. The second-order valence-corrected chi connectivity index (χ2v) is 7.27. The van der Waals surface area contributed by atoms with E-state index in [1.54, 1.807) is 36.4 Å². The van der Waals surface area contributed by atoms with Gasteiger partial charge in [-0.1, -0.05) is 35.9 Å². The molecular weight excluding hydrogens is 456 g/mol. The highest BCUT2D eigenvalue weighted by Gasteiger charge is 2.13. The fourth-order valence-corrected chi connectivity index (χ4v) is 3.27. The third-order valence-corrected chi connectivity index (χ3v) is 4.81. The van der Waals surface area contributed by atoms with Crippen LogP contribution in [0.2, 0.25) is 5.02 Å². The molecule has 0 atom stereocenters. The van der Waals surface area contributed by atoms with Crippen LogP contribution in [-0.4, -0.2) is 17.7 Å². The lowest BCUT2D eigenvalue weighted by Crippen LogP contribution is -2.13. The third kappa shape index (κ3) is 7.12. The van der Waals surface area contributed by atoms with Gasteiger partial charge in [0.25, 0.3) is 0 Å². The number of hydrogen-bond donors (Lipinski definition) is 2. The van der Waals surface area contributed by atoms with E-state index in [2.05, 4.69) is 5.32 Å². The Morgan fingerprint density at radius 2 is 1.59 bits per heavy atom. The van der Waals surface area contributed by atoms with Gasteiger partial charge in [0.2, 0.25) is 0 Å². The summed E-state index contributed by atoms with van der Waals surface area (Å²) in [7, 11) is 0. The van der Waals surface area contributed by atoms with Crippen LogP contribution in [0.25, 0.3) is 0 Å². The molecule has 3 rings (SSSR count). The largest absolute Gasteiger partial charge is 0.490 e. The van der Waals surface area contributed by atoms with Crippen molar-refractivity contribution in [2.24, 2.45) is 0 Å². The molecule has 0 unspecified atom stereocenters. The van der Waals surface area contributed by atoms with Gasteiger partial charge in [-0.05, 0) is 60.0 Å². The quantitative estimate of drug-likeness (QED) is 0.380. The van der Waals surface area contributed by atoms with Gasteiger partial charge in [0.1, 0.15) is 12.4 Å². The van der Waals surface area contributed by atoms with E-state index in [1.165, 1.54) is 12.1 Å². The van der Waals surface area contributed by atoms with Crippen molar-refractivity contribution in [3.63, 3.8) is 0 Å². The fourth-order valence-electron chi connectivity index (χ4n) is 2.98. The zero-order valence-corrected chi connectivity index (χ0v) is 19.0. The van der Waals surface area contributed by atoms with Crippen molar-refractivity contribution < 1.29 is 23.8 Å². The second kappa shape index (κ2) is 12.3. The monoisotopic (exact) mass is 479 g/mol. The Morgan fingerprint density at radius 1 is 0.969 bits per heavy atom. The van der Waals surface area contributed by atoms with Crippen LogP contribution >= 0.6 is 24.0 Å². The van der Waals surface area contributed by atoms with Crippen LogP contribution in [0.15, 0.2) is 60.7 Å². The minimum atomic E-state index is -0.945. The Hall–Kier alpha value is -2.80. The standard InChI is InChI=1S/C24H23ClFNO4.ClH/c1-2-30-22-12-18(14-27-13-16-3-7-19(8-4-16)24(28)29)11-21(25)23(22)31-15-17-5-9-20(26)10-6-17;/h3-12,27H,2,13-15H2,1H3,(H,28,29);1H. The summed E-state index contributed by atoms with van der Waals surface area (Å²) in [5.74, 6) is -0.258.